The van der Waals surface area contributed by atoms with Gasteiger partial charge in [0.15, 0.2) is 0 Å². The lowest BCUT2D eigenvalue weighted by Gasteiger charge is -2.41. The van der Waals surface area contributed by atoms with Gasteiger partial charge >= 0.3 is 10.1 Å². The molecule has 37 heavy (non-hydrogen) atoms. The van der Waals surface area contributed by atoms with E-state index in [-0.39, 0.29) is 22.5 Å². The van der Waals surface area contributed by atoms with Gasteiger partial charge in [-0.05, 0) is 88.0 Å². The Hall–Kier alpha value is -3.11. The molecule has 196 valence electrons. The topological polar surface area (TPSA) is 108 Å². The Morgan fingerprint density at radius 1 is 0.946 bits per heavy atom. The van der Waals surface area contributed by atoms with Gasteiger partial charge in [0.25, 0.3) is 0 Å². The number of anilines is 2. The molecule has 2 aromatic carbocycles. The van der Waals surface area contributed by atoms with Crippen molar-refractivity contribution >= 4 is 38.7 Å². The number of H-pyrrole nitrogens is 1. The number of hydrogen-bond acceptors (Lipinski definition) is 7. The first-order chi connectivity index (χ1) is 17.9. The molecule has 3 aliphatic rings. The van der Waals surface area contributed by atoms with Crippen molar-refractivity contribution in [3.63, 3.8) is 0 Å². The van der Waals surface area contributed by atoms with E-state index in [0.717, 1.165) is 44.5 Å². The number of hydrogen-bond donors (Lipinski definition) is 2. The van der Waals surface area contributed by atoms with Crippen molar-refractivity contribution in [2.75, 3.05) is 36.4 Å². The first-order valence-corrected chi connectivity index (χ1v) is 14.7. The van der Waals surface area contributed by atoms with Gasteiger partial charge in [0, 0.05) is 36.8 Å². The zero-order valence-electron chi connectivity index (χ0n) is 20.9. The highest BCUT2D eigenvalue weighted by Crippen LogP contribution is 2.31. The molecule has 3 fully saturated rings. The lowest BCUT2D eigenvalue weighted by atomic mass is 9.99. The minimum atomic E-state index is -4.00. The number of amides is 1. The van der Waals surface area contributed by atoms with E-state index in [1.807, 2.05) is 12.1 Å². The minimum Gasteiger partial charge on any atom is -0.379 e. The summed E-state index contributed by atoms with van der Waals surface area (Å²) in [5.41, 5.74) is 2.24. The third kappa shape index (κ3) is 5.45. The van der Waals surface area contributed by atoms with E-state index in [1.54, 1.807) is 30.3 Å². The summed E-state index contributed by atoms with van der Waals surface area (Å²) in [6.45, 7) is 4.42. The molecule has 1 aliphatic carbocycles. The largest absolute Gasteiger partial charge is 0.379 e. The van der Waals surface area contributed by atoms with Crippen molar-refractivity contribution in [2.24, 2.45) is 5.92 Å². The fourth-order valence-corrected chi connectivity index (χ4v) is 6.36. The summed E-state index contributed by atoms with van der Waals surface area (Å²) < 4.78 is 31.3. The van der Waals surface area contributed by atoms with Crippen LogP contribution in [-0.2, 0) is 14.9 Å². The third-order valence-corrected chi connectivity index (χ3v) is 8.97. The van der Waals surface area contributed by atoms with Crippen molar-refractivity contribution in [1.82, 2.24) is 14.9 Å². The molecule has 2 aliphatic heterocycles. The van der Waals surface area contributed by atoms with Crippen molar-refractivity contribution in [3.05, 3.63) is 42.5 Å². The van der Waals surface area contributed by atoms with Crippen LogP contribution < -0.4 is 14.4 Å². The van der Waals surface area contributed by atoms with Crippen molar-refractivity contribution in [3.8, 4) is 5.75 Å². The van der Waals surface area contributed by atoms with Crippen LogP contribution >= 0.6 is 0 Å². The van der Waals surface area contributed by atoms with E-state index in [4.69, 9.17) is 4.18 Å². The molecule has 0 bridgehead atoms. The lowest BCUT2D eigenvalue weighted by Crippen LogP contribution is -2.46. The van der Waals surface area contributed by atoms with E-state index < -0.39 is 10.1 Å². The number of aromatic amines is 1. The van der Waals surface area contributed by atoms with Crippen LogP contribution in [0.5, 0.6) is 5.75 Å². The number of imidazole rings is 1. The maximum atomic E-state index is 13.0. The van der Waals surface area contributed by atoms with Gasteiger partial charge in [-0.3, -0.25) is 10.1 Å². The van der Waals surface area contributed by atoms with Crippen LogP contribution in [0.2, 0.25) is 0 Å². The summed E-state index contributed by atoms with van der Waals surface area (Å²) >= 11 is 0. The smallest absolute Gasteiger partial charge is 0.339 e. The second-order valence-electron chi connectivity index (χ2n) is 10.4. The molecular weight excluding hydrogens is 490 g/mol. The molecule has 3 aromatic rings. The average molecular weight is 524 g/mol. The van der Waals surface area contributed by atoms with E-state index in [1.165, 1.54) is 32.4 Å². The maximum Gasteiger partial charge on any atom is 0.339 e. The van der Waals surface area contributed by atoms with Gasteiger partial charge in [-0.15, -0.1) is 0 Å². The van der Waals surface area contributed by atoms with Crippen LogP contribution in [0.15, 0.2) is 47.4 Å². The number of carbonyl (C=O) groups excluding carboxylic acids is 1. The zero-order chi connectivity index (χ0) is 25.4. The van der Waals surface area contributed by atoms with Gasteiger partial charge in [0.2, 0.25) is 11.9 Å². The number of carbonyl (C=O) groups is 1. The van der Waals surface area contributed by atoms with Crippen molar-refractivity contribution < 1.29 is 17.4 Å². The summed E-state index contributed by atoms with van der Waals surface area (Å²) in [4.78, 5) is 24.4. The van der Waals surface area contributed by atoms with Crippen LogP contribution in [0.4, 0.5) is 11.6 Å². The van der Waals surface area contributed by atoms with Crippen LogP contribution in [-0.4, -0.2) is 61.4 Å². The van der Waals surface area contributed by atoms with Gasteiger partial charge < -0.3 is 19.0 Å². The van der Waals surface area contributed by atoms with Gasteiger partial charge in [-0.1, -0.05) is 6.42 Å². The molecule has 0 spiro atoms. The second-order valence-corrected chi connectivity index (χ2v) is 11.9. The molecule has 2 saturated heterocycles. The minimum absolute atomic E-state index is 0.0482. The van der Waals surface area contributed by atoms with E-state index in [0.29, 0.717) is 23.0 Å². The molecule has 0 radical (unpaired) electrons. The highest BCUT2D eigenvalue weighted by Gasteiger charge is 2.30. The highest BCUT2D eigenvalue weighted by molar-refractivity contribution is 7.87. The fraction of sp³-hybridized carbons (Fsp3) is 0.481. The monoisotopic (exact) mass is 523 g/mol. The molecule has 1 aromatic heterocycles. The quantitative estimate of drug-likeness (QED) is 0.448. The number of piperidine rings is 2. The number of nitrogens with one attached hydrogen (secondary N) is 2. The Kier molecular flexibility index (Phi) is 6.54. The molecule has 10 heteroatoms. The molecule has 6 rings (SSSR count). The van der Waals surface area contributed by atoms with E-state index >= 15 is 0 Å². The fourth-order valence-electron chi connectivity index (χ4n) is 5.44. The summed E-state index contributed by atoms with van der Waals surface area (Å²) in [6.07, 6.45) is 8.07. The summed E-state index contributed by atoms with van der Waals surface area (Å²) in [5.74, 6) is 0.547. The third-order valence-electron chi connectivity index (χ3n) is 7.71. The van der Waals surface area contributed by atoms with Crippen molar-refractivity contribution in [2.45, 2.75) is 55.9 Å². The van der Waals surface area contributed by atoms with Crippen molar-refractivity contribution in [1.29, 1.82) is 0 Å². The molecule has 9 nitrogen and oxygen atoms in total. The normalized spacial score (nSPS) is 19.7. The number of benzene rings is 2. The lowest BCUT2D eigenvalue weighted by molar-refractivity contribution is -0.117. The van der Waals surface area contributed by atoms with Gasteiger partial charge in [-0.2, -0.15) is 8.42 Å². The number of fused-ring (bicyclic) bond motifs is 1. The first-order valence-electron chi connectivity index (χ1n) is 13.3. The standard InChI is InChI=1S/C27H33N5O4S/c33-26(19-4-5-19)30-27-28-24-11-8-22(18-25(24)29-27)36-37(34,35)23-9-6-20(7-10-23)32-16-12-21(13-17-32)31-14-2-1-3-15-31/h6-11,18-19,21H,1-5,12-17H2,(H2,28,29,30,33). The second kappa shape index (κ2) is 9.98. The predicted octanol–water partition coefficient (Wildman–Crippen LogP) is 4.13. The van der Waals surface area contributed by atoms with Crippen LogP contribution in [0.25, 0.3) is 11.0 Å². The summed E-state index contributed by atoms with van der Waals surface area (Å²) in [7, 11) is -4.00. The van der Waals surface area contributed by atoms with Crippen LogP contribution in [0.1, 0.15) is 44.9 Å². The van der Waals surface area contributed by atoms with Gasteiger partial charge in [0.1, 0.15) is 10.6 Å². The molecule has 1 saturated carbocycles. The van der Waals surface area contributed by atoms with E-state index in [9.17, 15) is 13.2 Å². The Labute approximate surface area is 217 Å². The number of likely N-dealkylation sites (tertiary alicyclic amines) is 1. The van der Waals surface area contributed by atoms with Gasteiger partial charge in [-0.25, -0.2) is 4.98 Å². The molecular formula is C27H33N5O4S. The molecule has 0 atom stereocenters. The first kappa shape index (κ1) is 24.2. The molecule has 1 amide bonds. The molecule has 0 unspecified atom stereocenters. The number of nitrogens with zero attached hydrogens (tertiary/aromatic N) is 3. The average Bonchev–Trinajstić information content (AvgIpc) is 3.70. The van der Waals surface area contributed by atoms with Gasteiger partial charge in [0.05, 0.1) is 11.0 Å². The van der Waals surface area contributed by atoms with Crippen LogP contribution in [0.3, 0.4) is 0 Å². The number of rotatable bonds is 7. The van der Waals surface area contributed by atoms with E-state index in [2.05, 4.69) is 25.1 Å². The molecule has 3 heterocycles. The summed E-state index contributed by atoms with van der Waals surface area (Å²) in [5, 5.41) is 2.77. The predicted molar refractivity (Wildman–Crippen MR) is 142 cm³/mol. The Morgan fingerprint density at radius 3 is 2.38 bits per heavy atom. The summed E-state index contributed by atoms with van der Waals surface area (Å²) in [6, 6.07) is 12.4. The maximum absolute atomic E-state index is 13.0. The van der Waals surface area contributed by atoms with Crippen LogP contribution in [0, 0.1) is 5.92 Å². The Balaban J connectivity index is 1.08. The molecule has 2 N–H and O–H groups in total. The SMILES string of the molecule is O=C(Nc1nc2ccc(OS(=O)(=O)c3ccc(N4CCC(N5CCCCC5)CC4)cc3)cc2[nH]1)C1CC1. The Bertz CT molecular complexity index is 1370. The highest BCUT2D eigenvalue weighted by atomic mass is 32.2. The zero-order valence-corrected chi connectivity index (χ0v) is 21.7. The number of aromatic nitrogens is 2. The Morgan fingerprint density at radius 2 is 1.68 bits per heavy atom.